The van der Waals surface area contributed by atoms with E-state index in [4.69, 9.17) is 9.47 Å². The molecule has 0 aliphatic rings. The molecule has 0 fully saturated rings. The molecule has 2 heterocycles. The number of hydrogen-bond donors (Lipinski definition) is 0. The van der Waals surface area contributed by atoms with E-state index in [1.54, 1.807) is 41.8 Å². The second kappa shape index (κ2) is 8.30. The van der Waals surface area contributed by atoms with E-state index in [0.717, 1.165) is 23.5 Å². The fourth-order valence-electron chi connectivity index (χ4n) is 2.24. The van der Waals surface area contributed by atoms with Crippen molar-refractivity contribution in [2.75, 3.05) is 25.1 Å². The predicted octanol–water partition coefficient (Wildman–Crippen LogP) is 4.26. The first-order chi connectivity index (χ1) is 12.3. The third-order valence-corrected chi connectivity index (χ3v) is 4.25. The van der Waals surface area contributed by atoms with Crippen LogP contribution in [-0.4, -0.2) is 31.5 Å². The second-order valence-electron chi connectivity index (χ2n) is 5.35. The van der Waals surface area contributed by atoms with Crippen molar-refractivity contribution in [2.45, 2.75) is 0 Å². The van der Waals surface area contributed by atoms with Gasteiger partial charge in [-0.3, -0.25) is 4.79 Å². The molecule has 0 bridgehead atoms. The van der Waals surface area contributed by atoms with Crippen LogP contribution >= 0.6 is 11.3 Å². The summed E-state index contributed by atoms with van der Waals surface area (Å²) in [6.07, 6.45) is 2.53. The molecule has 0 aliphatic heterocycles. The molecule has 5 nitrogen and oxygen atoms in total. The highest BCUT2D eigenvalue weighted by Gasteiger charge is 2.11. The highest BCUT2D eigenvalue weighted by molar-refractivity contribution is 7.08. The number of hydrogen-bond acceptors (Lipinski definition) is 6. The number of aldehydes is 1. The molecule has 0 radical (unpaired) electrons. The Morgan fingerprint density at radius 1 is 1.16 bits per heavy atom. The standard InChI is InChI=1S/C19H18N2O3S/c1-21(10-11-23-16-6-4-15(13-22)5-7-16)18-3-2-9-20-19(18)24-17-8-12-25-14-17/h2-9,12-14H,10-11H2,1H3. The van der Waals surface area contributed by atoms with E-state index < -0.39 is 0 Å². The molecule has 0 atom stereocenters. The fraction of sp³-hybridized carbons (Fsp3) is 0.158. The molecule has 3 rings (SSSR count). The van der Waals surface area contributed by atoms with Crippen LogP contribution in [0.3, 0.4) is 0 Å². The van der Waals surface area contributed by atoms with Gasteiger partial charge in [-0.2, -0.15) is 0 Å². The minimum Gasteiger partial charge on any atom is -0.492 e. The molecule has 3 aromatic rings. The van der Waals surface area contributed by atoms with Crippen LogP contribution in [0, 0.1) is 0 Å². The number of likely N-dealkylation sites (N-methyl/N-ethyl adjacent to an activating group) is 1. The van der Waals surface area contributed by atoms with E-state index in [9.17, 15) is 4.79 Å². The highest BCUT2D eigenvalue weighted by Crippen LogP contribution is 2.30. The molecular weight excluding hydrogens is 336 g/mol. The number of anilines is 1. The van der Waals surface area contributed by atoms with Gasteiger partial charge in [0.25, 0.3) is 0 Å². The van der Waals surface area contributed by atoms with Crippen LogP contribution in [0.25, 0.3) is 0 Å². The molecule has 1 aromatic carbocycles. The van der Waals surface area contributed by atoms with Crippen LogP contribution in [-0.2, 0) is 0 Å². The Morgan fingerprint density at radius 2 is 2.00 bits per heavy atom. The number of pyridine rings is 1. The summed E-state index contributed by atoms with van der Waals surface area (Å²) in [6, 6.07) is 12.8. The summed E-state index contributed by atoms with van der Waals surface area (Å²) in [5.74, 6) is 2.09. The van der Waals surface area contributed by atoms with Gasteiger partial charge in [0.2, 0.25) is 5.88 Å². The van der Waals surface area contributed by atoms with E-state index in [1.807, 2.05) is 40.9 Å². The summed E-state index contributed by atoms with van der Waals surface area (Å²) in [5, 5.41) is 3.90. The van der Waals surface area contributed by atoms with Gasteiger partial charge in [-0.05, 0) is 47.8 Å². The Morgan fingerprint density at radius 3 is 2.72 bits per heavy atom. The lowest BCUT2D eigenvalue weighted by Crippen LogP contribution is -2.24. The lowest BCUT2D eigenvalue weighted by molar-refractivity contribution is 0.112. The van der Waals surface area contributed by atoms with Gasteiger partial charge in [0.15, 0.2) is 0 Å². The van der Waals surface area contributed by atoms with Crippen molar-refractivity contribution in [3.63, 3.8) is 0 Å². The van der Waals surface area contributed by atoms with Gasteiger partial charge in [0.05, 0.1) is 6.54 Å². The molecule has 0 unspecified atom stereocenters. The summed E-state index contributed by atoms with van der Waals surface area (Å²) >= 11 is 1.58. The summed E-state index contributed by atoms with van der Waals surface area (Å²) in [4.78, 5) is 17.0. The minimum absolute atomic E-state index is 0.504. The molecule has 6 heteroatoms. The quantitative estimate of drug-likeness (QED) is 0.566. The third-order valence-electron chi connectivity index (χ3n) is 3.58. The maximum absolute atomic E-state index is 10.7. The summed E-state index contributed by atoms with van der Waals surface area (Å²) < 4.78 is 11.6. The Balaban J connectivity index is 1.59. The van der Waals surface area contributed by atoms with Crippen molar-refractivity contribution in [1.82, 2.24) is 4.98 Å². The largest absolute Gasteiger partial charge is 0.492 e. The average Bonchev–Trinajstić information content (AvgIpc) is 3.16. The second-order valence-corrected chi connectivity index (χ2v) is 6.13. The normalized spacial score (nSPS) is 10.3. The first-order valence-electron chi connectivity index (χ1n) is 7.80. The molecule has 2 aromatic heterocycles. The van der Waals surface area contributed by atoms with Crippen LogP contribution in [0.4, 0.5) is 5.69 Å². The molecule has 0 N–H and O–H groups in total. The van der Waals surface area contributed by atoms with Crippen molar-refractivity contribution in [2.24, 2.45) is 0 Å². The maximum atomic E-state index is 10.7. The monoisotopic (exact) mass is 354 g/mol. The fourth-order valence-corrected chi connectivity index (χ4v) is 2.79. The van der Waals surface area contributed by atoms with E-state index in [0.29, 0.717) is 24.6 Å². The SMILES string of the molecule is CN(CCOc1ccc(C=O)cc1)c1cccnc1Oc1ccsc1. The van der Waals surface area contributed by atoms with E-state index in [1.165, 1.54) is 0 Å². The molecule has 0 saturated carbocycles. The van der Waals surface area contributed by atoms with E-state index in [2.05, 4.69) is 4.98 Å². The smallest absolute Gasteiger partial charge is 0.243 e. The number of benzene rings is 1. The van der Waals surface area contributed by atoms with Gasteiger partial charge in [-0.1, -0.05) is 0 Å². The number of rotatable bonds is 8. The number of thiophene rings is 1. The van der Waals surface area contributed by atoms with Crippen molar-refractivity contribution in [1.29, 1.82) is 0 Å². The van der Waals surface area contributed by atoms with Crippen molar-refractivity contribution in [3.05, 3.63) is 65.0 Å². The number of aromatic nitrogens is 1. The van der Waals surface area contributed by atoms with Crippen LogP contribution in [0.2, 0.25) is 0 Å². The number of carbonyl (C=O) groups excluding carboxylic acids is 1. The van der Waals surface area contributed by atoms with Crippen molar-refractivity contribution < 1.29 is 14.3 Å². The third kappa shape index (κ3) is 4.58. The van der Waals surface area contributed by atoms with Gasteiger partial charge in [-0.25, -0.2) is 4.98 Å². The zero-order chi connectivity index (χ0) is 17.5. The van der Waals surface area contributed by atoms with Gasteiger partial charge in [0, 0.05) is 24.2 Å². The van der Waals surface area contributed by atoms with Gasteiger partial charge < -0.3 is 14.4 Å². The zero-order valence-corrected chi connectivity index (χ0v) is 14.6. The predicted molar refractivity (Wildman–Crippen MR) is 99.2 cm³/mol. The lowest BCUT2D eigenvalue weighted by atomic mass is 10.2. The van der Waals surface area contributed by atoms with Crippen molar-refractivity contribution >= 4 is 23.3 Å². The topological polar surface area (TPSA) is 51.7 Å². The van der Waals surface area contributed by atoms with Crippen LogP contribution < -0.4 is 14.4 Å². The Kier molecular flexibility index (Phi) is 5.64. The summed E-state index contributed by atoms with van der Waals surface area (Å²) in [7, 11) is 1.97. The highest BCUT2D eigenvalue weighted by atomic mass is 32.1. The first kappa shape index (κ1) is 17.0. The Labute approximate surface area is 150 Å². The van der Waals surface area contributed by atoms with Crippen LogP contribution in [0.5, 0.6) is 17.4 Å². The van der Waals surface area contributed by atoms with Gasteiger partial charge in [0.1, 0.15) is 30.1 Å². The minimum atomic E-state index is 0.504. The number of carbonyl (C=O) groups is 1. The van der Waals surface area contributed by atoms with Crippen LogP contribution in [0.1, 0.15) is 10.4 Å². The van der Waals surface area contributed by atoms with E-state index in [-0.39, 0.29) is 0 Å². The Hall–Kier alpha value is -2.86. The van der Waals surface area contributed by atoms with Crippen molar-refractivity contribution in [3.8, 4) is 17.4 Å². The molecule has 0 spiro atoms. The lowest BCUT2D eigenvalue weighted by Gasteiger charge is -2.21. The number of nitrogens with zero attached hydrogens (tertiary/aromatic N) is 2. The Bertz CT molecular complexity index is 804. The molecule has 0 amide bonds. The first-order valence-corrected chi connectivity index (χ1v) is 8.75. The zero-order valence-electron chi connectivity index (χ0n) is 13.8. The molecular formula is C19H18N2O3S. The molecule has 128 valence electrons. The summed E-state index contributed by atoms with van der Waals surface area (Å²) in [5.41, 5.74) is 1.53. The van der Waals surface area contributed by atoms with Gasteiger partial charge in [-0.15, -0.1) is 11.3 Å². The van der Waals surface area contributed by atoms with Crippen LogP contribution in [0.15, 0.2) is 59.4 Å². The average molecular weight is 354 g/mol. The molecule has 0 saturated heterocycles. The number of ether oxygens (including phenoxy) is 2. The molecule has 25 heavy (non-hydrogen) atoms. The van der Waals surface area contributed by atoms with Gasteiger partial charge >= 0.3 is 0 Å². The van der Waals surface area contributed by atoms with E-state index >= 15 is 0 Å². The molecule has 0 aliphatic carbocycles. The maximum Gasteiger partial charge on any atom is 0.243 e. The summed E-state index contributed by atoms with van der Waals surface area (Å²) in [6.45, 7) is 1.17.